The molecule has 0 aliphatic heterocycles. The van der Waals surface area contributed by atoms with Gasteiger partial charge in [0.1, 0.15) is 12.4 Å². The highest BCUT2D eigenvalue weighted by Gasteiger charge is 2.14. The van der Waals surface area contributed by atoms with E-state index >= 15 is 0 Å². The maximum Gasteiger partial charge on any atom is 0.228 e. The predicted molar refractivity (Wildman–Crippen MR) is 114 cm³/mol. The van der Waals surface area contributed by atoms with Gasteiger partial charge in [-0.3, -0.25) is 9.48 Å². The third kappa shape index (κ3) is 4.00. The number of fused-ring (bicyclic) bond motifs is 1. The molecule has 29 heavy (non-hydrogen) atoms. The van der Waals surface area contributed by atoms with E-state index in [0.717, 1.165) is 27.7 Å². The van der Waals surface area contributed by atoms with E-state index in [1.807, 2.05) is 61.8 Å². The number of anilines is 1. The molecule has 0 atom stereocenters. The van der Waals surface area contributed by atoms with E-state index in [-0.39, 0.29) is 12.3 Å². The summed E-state index contributed by atoms with van der Waals surface area (Å²) >= 11 is 0. The van der Waals surface area contributed by atoms with Gasteiger partial charge in [-0.1, -0.05) is 18.2 Å². The Labute approximate surface area is 168 Å². The lowest BCUT2D eigenvalue weighted by Crippen LogP contribution is -2.15. The lowest BCUT2D eigenvalue weighted by molar-refractivity contribution is -0.115. The van der Waals surface area contributed by atoms with Gasteiger partial charge in [-0.05, 0) is 35.9 Å². The fraction of sp³-hybridized carbons (Fsp3) is 0.182. The SMILES string of the molecule is Cn1nccc1-c1cc(NC(=O)Cc2c[nH]c3ccccc23)ccc1OCCN. The van der Waals surface area contributed by atoms with Gasteiger partial charge in [-0.15, -0.1) is 0 Å². The molecule has 7 heteroatoms. The van der Waals surface area contributed by atoms with E-state index < -0.39 is 0 Å². The van der Waals surface area contributed by atoms with Gasteiger partial charge in [-0.2, -0.15) is 5.10 Å². The number of carbonyl (C=O) groups is 1. The van der Waals surface area contributed by atoms with Crippen LogP contribution in [0.25, 0.3) is 22.2 Å². The number of nitrogens with two attached hydrogens (primary N) is 1. The zero-order valence-electron chi connectivity index (χ0n) is 16.2. The van der Waals surface area contributed by atoms with Gasteiger partial charge in [0, 0.05) is 48.1 Å². The zero-order chi connectivity index (χ0) is 20.2. The maximum absolute atomic E-state index is 12.7. The van der Waals surface area contributed by atoms with Gasteiger partial charge >= 0.3 is 0 Å². The van der Waals surface area contributed by atoms with Crippen LogP contribution in [0.5, 0.6) is 5.75 Å². The molecule has 7 nitrogen and oxygen atoms in total. The van der Waals surface area contributed by atoms with Crippen LogP contribution in [0, 0.1) is 0 Å². The minimum Gasteiger partial charge on any atom is -0.492 e. The number of aromatic nitrogens is 3. The molecule has 148 valence electrons. The Morgan fingerprint density at radius 1 is 1.24 bits per heavy atom. The summed E-state index contributed by atoms with van der Waals surface area (Å²) in [5, 5.41) is 8.28. The van der Waals surface area contributed by atoms with Crippen molar-refractivity contribution in [2.75, 3.05) is 18.5 Å². The second kappa shape index (κ2) is 8.20. The van der Waals surface area contributed by atoms with Crippen molar-refractivity contribution in [3.63, 3.8) is 0 Å². The van der Waals surface area contributed by atoms with Gasteiger partial charge in [0.2, 0.25) is 5.91 Å². The van der Waals surface area contributed by atoms with Crippen molar-refractivity contribution in [2.24, 2.45) is 12.8 Å². The van der Waals surface area contributed by atoms with Crippen molar-refractivity contribution in [1.82, 2.24) is 14.8 Å². The lowest BCUT2D eigenvalue weighted by Gasteiger charge is -2.14. The largest absolute Gasteiger partial charge is 0.492 e. The Kier molecular flexibility index (Phi) is 5.31. The molecule has 4 rings (SSSR count). The van der Waals surface area contributed by atoms with Crippen LogP contribution in [0.15, 0.2) is 60.9 Å². The summed E-state index contributed by atoms with van der Waals surface area (Å²) in [5.74, 6) is 0.620. The molecule has 4 N–H and O–H groups in total. The van der Waals surface area contributed by atoms with Crippen LogP contribution in [0.2, 0.25) is 0 Å². The van der Waals surface area contributed by atoms with Crippen molar-refractivity contribution >= 4 is 22.5 Å². The number of aryl methyl sites for hydroxylation is 1. The summed E-state index contributed by atoms with van der Waals surface area (Å²) in [5.41, 5.74) is 10.0. The number of hydrogen-bond acceptors (Lipinski definition) is 4. The van der Waals surface area contributed by atoms with E-state index in [4.69, 9.17) is 10.5 Å². The number of amides is 1. The molecule has 0 saturated carbocycles. The number of ether oxygens (including phenoxy) is 1. The molecule has 0 saturated heterocycles. The number of benzene rings is 2. The third-order valence-corrected chi connectivity index (χ3v) is 4.76. The normalized spacial score (nSPS) is 11.0. The Bertz CT molecular complexity index is 1150. The summed E-state index contributed by atoms with van der Waals surface area (Å²) in [6.07, 6.45) is 3.90. The van der Waals surface area contributed by atoms with Crippen LogP contribution in [0.4, 0.5) is 5.69 Å². The van der Waals surface area contributed by atoms with Crippen molar-refractivity contribution in [2.45, 2.75) is 6.42 Å². The topological polar surface area (TPSA) is 98.0 Å². The molecule has 0 aliphatic carbocycles. The van der Waals surface area contributed by atoms with Gasteiger partial charge in [0.15, 0.2) is 0 Å². The fourth-order valence-corrected chi connectivity index (χ4v) is 3.40. The summed E-state index contributed by atoms with van der Waals surface area (Å²) in [4.78, 5) is 15.9. The number of nitrogens with one attached hydrogen (secondary N) is 2. The van der Waals surface area contributed by atoms with Gasteiger partial charge in [0.05, 0.1) is 12.1 Å². The van der Waals surface area contributed by atoms with Crippen molar-refractivity contribution < 1.29 is 9.53 Å². The van der Waals surface area contributed by atoms with Gasteiger partial charge < -0.3 is 20.8 Å². The van der Waals surface area contributed by atoms with E-state index in [0.29, 0.717) is 24.6 Å². The van der Waals surface area contributed by atoms with Crippen LogP contribution in [-0.2, 0) is 18.3 Å². The minimum atomic E-state index is -0.0821. The Balaban J connectivity index is 1.56. The Morgan fingerprint density at radius 2 is 2.10 bits per heavy atom. The molecule has 2 heterocycles. The number of rotatable bonds is 7. The fourth-order valence-electron chi connectivity index (χ4n) is 3.40. The first kappa shape index (κ1) is 18.8. The minimum absolute atomic E-state index is 0.0821. The molecule has 0 fully saturated rings. The van der Waals surface area contributed by atoms with Gasteiger partial charge in [0.25, 0.3) is 0 Å². The average molecular weight is 389 g/mol. The molecule has 4 aromatic rings. The summed E-state index contributed by atoms with van der Waals surface area (Å²) in [6.45, 7) is 0.838. The zero-order valence-corrected chi connectivity index (χ0v) is 16.2. The molecule has 0 unspecified atom stereocenters. The average Bonchev–Trinajstić information content (AvgIpc) is 3.33. The van der Waals surface area contributed by atoms with E-state index in [1.54, 1.807) is 10.9 Å². The number of aromatic amines is 1. The van der Waals surface area contributed by atoms with Crippen molar-refractivity contribution in [1.29, 1.82) is 0 Å². The standard InChI is InChI=1S/C22H23N5O2/c1-27-20(8-10-25-27)18-13-16(6-7-21(18)29-11-9-23)26-22(28)12-15-14-24-19-5-3-2-4-17(15)19/h2-8,10,13-14,24H,9,11-12,23H2,1H3,(H,26,28). The van der Waals surface area contributed by atoms with Crippen LogP contribution in [0.3, 0.4) is 0 Å². The second-order valence-corrected chi connectivity index (χ2v) is 6.77. The molecular weight excluding hydrogens is 366 g/mol. The molecular formula is C22H23N5O2. The highest BCUT2D eigenvalue weighted by atomic mass is 16.5. The monoisotopic (exact) mass is 389 g/mol. The van der Waals surface area contributed by atoms with Crippen LogP contribution < -0.4 is 15.8 Å². The molecule has 0 bridgehead atoms. The molecule has 0 radical (unpaired) electrons. The quantitative estimate of drug-likeness (QED) is 0.452. The smallest absolute Gasteiger partial charge is 0.228 e. The number of para-hydroxylation sites is 1. The molecule has 0 aliphatic rings. The first-order chi connectivity index (χ1) is 14.2. The molecule has 2 aromatic carbocycles. The first-order valence-corrected chi connectivity index (χ1v) is 9.46. The Hall–Kier alpha value is -3.58. The first-order valence-electron chi connectivity index (χ1n) is 9.46. The number of H-pyrrole nitrogens is 1. The lowest BCUT2D eigenvalue weighted by atomic mass is 10.1. The highest BCUT2D eigenvalue weighted by Crippen LogP contribution is 2.32. The predicted octanol–water partition coefficient (Wildman–Crippen LogP) is 3.09. The molecule has 2 aromatic heterocycles. The Morgan fingerprint density at radius 3 is 2.90 bits per heavy atom. The number of carbonyl (C=O) groups excluding carboxylic acids is 1. The van der Waals surface area contributed by atoms with Crippen LogP contribution in [0.1, 0.15) is 5.56 Å². The van der Waals surface area contributed by atoms with E-state index in [1.165, 1.54) is 0 Å². The van der Waals surface area contributed by atoms with Crippen LogP contribution in [-0.4, -0.2) is 33.8 Å². The van der Waals surface area contributed by atoms with Crippen molar-refractivity contribution in [3.8, 4) is 17.0 Å². The maximum atomic E-state index is 12.7. The number of nitrogens with zero attached hydrogens (tertiary/aromatic N) is 2. The summed E-state index contributed by atoms with van der Waals surface area (Å²) < 4.78 is 7.54. The van der Waals surface area contributed by atoms with Crippen molar-refractivity contribution in [3.05, 3.63) is 66.5 Å². The van der Waals surface area contributed by atoms with Gasteiger partial charge in [-0.25, -0.2) is 0 Å². The highest BCUT2D eigenvalue weighted by molar-refractivity contribution is 5.96. The van der Waals surface area contributed by atoms with E-state index in [9.17, 15) is 4.79 Å². The number of hydrogen-bond donors (Lipinski definition) is 3. The van der Waals surface area contributed by atoms with Crippen LogP contribution >= 0.6 is 0 Å². The summed E-state index contributed by atoms with van der Waals surface area (Å²) in [6, 6.07) is 15.4. The van der Waals surface area contributed by atoms with E-state index in [2.05, 4.69) is 15.4 Å². The second-order valence-electron chi connectivity index (χ2n) is 6.77. The summed E-state index contributed by atoms with van der Waals surface area (Å²) in [7, 11) is 1.87. The molecule has 0 spiro atoms. The third-order valence-electron chi connectivity index (χ3n) is 4.76. The molecule has 1 amide bonds.